The lowest BCUT2D eigenvalue weighted by atomic mass is 9.62. The number of nitrogens with zero attached hydrogens (tertiary/aromatic N) is 1. The molecular weight excluding hydrogens is 236 g/mol. The van der Waals surface area contributed by atoms with Gasteiger partial charge in [0.05, 0.1) is 7.11 Å². The smallest absolute Gasteiger partial charge is 0.119 e. The molecule has 1 aromatic carbocycles. The second-order valence-corrected chi connectivity index (χ2v) is 6.21. The van der Waals surface area contributed by atoms with Crippen molar-refractivity contribution in [3.05, 3.63) is 29.3 Å². The van der Waals surface area contributed by atoms with Crippen LogP contribution < -0.4 is 10.1 Å². The number of fused-ring (bicyclic) bond motifs is 4. The normalized spacial score (nSPS) is 33.9. The summed E-state index contributed by atoms with van der Waals surface area (Å²) in [5.41, 5.74) is 3.19. The molecule has 3 atom stereocenters. The van der Waals surface area contributed by atoms with E-state index in [9.17, 15) is 0 Å². The highest BCUT2D eigenvalue weighted by atomic mass is 16.5. The third-order valence-corrected chi connectivity index (χ3v) is 5.29. The highest BCUT2D eigenvalue weighted by Gasteiger charge is 2.49. The van der Waals surface area contributed by atoms with Crippen molar-refractivity contribution < 1.29 is 4.74 Å². The Morgan fingerprint density at radius 3 is 2.89 bits per heavy atom. The largest absolute Gasteiger partial charge is 0.497 e. The van der Waals surface area contributed by atoms with Crippen molar-refractivity contribution >= 4 is 0 Å². The summed E-state index contributed by atoms with van der Waals surface area (Å²) in [7, 11) is 6.10. The van der Waals surface area contributed by atoms with E-state index in [0.717, 1.165) is 12.2 Å². The van der Waals surface area contributed by atoms with Crippen LogP contribution in [0.2, 0.25) is 0 Å². The highest BCUT2D eigenvalue weighted by molar-refractivity contribution is 5.45. The molecule has 0 amide bonds. The lowest BCUT2D eigenvalue weighted by molar-refractivity contribution is 0.0701. The molecule has 0 saturated carbocycles. The molecule has 3 rings (SSSR count). The summed E-state index contributed by atoms with van der Waals surface area (Å²) >= 11 is 0. The highest BCUT2D eigenvalue weighted by Crippen LogP contribution is 2.45. The van der Waals surface area contributed by atoms with Crippen LogP contribution in [0.5, 0.6) is 5.75 Å². The van der Waals surface area contributed by atoms with Crippen LogP contribution in [-0.4, -0.2) is 44.7 Å². The number of likely N-dealkylation sites (tertiary alicyclic amines) is 1. The first-order chi connectivity index (χ1) is 9.10. The van der Waals surface area contributed by atoms with Crippen molar-refractivity contribution in [1.82, 2.24) is 10.2 Å². The van der Waals surface area contributed by atoms with Gasteiger partial charge in [0.1, 0.15) is 5.75 Å². The predicted octanol–water partition coefficient (Wildman–Crippen LogP) is 1.80. The third-order valence-electron chi connectivity index (χ3n) is 5.29. The van der Waals surface area contributed by atoms with Crippen molar-refractivity contribution in [2.45, 2.75) is 37.3 Å². The first kappa shape index (κ1) is 12.9. The van der Waals surface area contributed by atoms with Gasteiger partial charge >= 0.3 is 0 Å². The van der Waals surface area contributed by atoms with E-state index in [1.807, 2.05) is 0 Å². The standard InChI is InChI=1S/C16H24N2O/c1-16-7-8-18(3)14(15(16)17-2)9-11-5-6-12(19-4)10-13(11)16/h5-6,10,14-15,17H,7-9H2,1-4H3/t14-,15+,16+/m1/s1. The fourth-order valence-corrected chi connectivity index (χ4v) is 4.11. The molecule has 1 heterocycles. The molecule has 0 radical (unpaired) electrons. The number of nitrogens with one attached hydrogen (secondary N) is 1. The van der Waals surface area contributed by atoms with E-state index in [1.54, 1.807) is 7.11 Å². The fraction of sp³-hybridized carbons (Fsp3) is 0.625. The minimum atomic E-state index is 0.216. The zero-order valence-corrected chi connectivity index (χ0v) is 12.4. The summed E-state index contributed by atoms with van der Waals surface area (Å²) in [6.45, 7) is 3.58. The summed E-state index contributed by atoms with van der Waals surface area (Å²) in [5, 5.41) is 3.57. The van der Waals surface area contributed by atoms with Gasteiger partial charge in [-0.25, -0.2) is 0 Å². The number of hydrogen-bond donors (Lipinski definition) is 1. The van der Waals surface area contributed by atoms with Crippen LogP contribution in [0.1, 0.15) is 24.5 Å². The number of likely N-dealkylation sites (N-methyl/N-ethyl adjacent to an activating group) is 2. The lowest BCUT2D eigenvalue weighted by Gasteiger charge is -2.54. The van der Waals surface area contributed by atoms with Gasteiger partial charge in [-0.2, -0.15) is 0 Å². The van der Waals surface area contributed by atoms with Gasteiger partial charge < -0.3 is 15.0 Å². The Bertz CT molecular complexity index is 488. The first-order valence-electron chi connectivity index (χ1n) is 7.15. The Morgan fingerprint density at radius 2 is 2.21 bits per heavy atom. The maximum absolute atomic E-state index is 5.42. The van der Waals surface area contributed by atoms with Crippen LogP contribution in [0.15, 0.2) is 18.2 Å². The minimum absolute atomic E-state index is 0.216. The molecule has 1 N–H and O–H groups in total. The Morgan fingerprint density at radius 1 is 1.42 bits per heavy atom. The van der Waals surface area contributed by atoms with Gasteiger partial charge in [0.2, 0.25) is 0 Å². The molecule has 0 spiro atoms. The van der Waals surface area contributed by atoms with Crippen LogP contribution in [-0.2, 0) is 11.8 Å². The van der Waals surface area contributed by atoms with Crippen LogP contribution in [0, 0.1) is 0 Å². The van der Waals surface area contributed by atoms with Crippen LogP contribution in [0.4, 0.5) is 0 Å². The molecule has 3 nitrogen and oxygen atoms in total. The summed E-state index contributed by atoms with van der Waals surface area (Å²) in [6.07, 6.45) is 2.34. The predicted molar refractivity (Wildman–Crippen MR) is 77.9 cm³/mol. The molecule has 1 aliphatic heterocycles. The maximum atomic E-state index is 5.42. The maximum Gasteiger partial charge on any atom is 0.119 e. The number of piperidine rings is 1. The molecule has 0 unspecified atom stereocenters. The number of hydrogen-bond acceptors (Lipinski definition) is 3. The SMILES string of the molecule is CN[C@H]1[C@H]2Cc3ccc(OC)cc3[C@]1(C)CCN2C. The van der Waals surface area contributed by atoms with Gasteiger partial charge in [-0.1, -0.05) is 13.0 Å². The van der Waals surface area contributed by atoms with E-state index in [2.05, 4.69) is 49.4 Å². The molecule has 0 aromatic heterocycles. The minimum Gasteiger partial charge on any atom is -0.497 e. The molecule has 1 saturated heterocycles. The molecule has 2 bridgehead atoms. The van der Waals surface area contributed by atoms with E-state index in [1.165, 1.54) is 24.1 Å². The van der Waals surface area contributed by atoms with Gasteiger partial charge in [-0.15, -0.1) is 0 Å². The fourth-order valence-electron chi connectivity index (χ4n) is 4.11. The van der Waals surface area contributed by atoms with Gasteiger partial charge in [-0.3, -0.25) is 0 Å². The number of methoxy groups -OCH3 is 1. The van der Waals surface area contributed by atoms with Gasteiger partial charge in [-0.05, 0) is 56.7 Å². The lowest BCUT2D eigenvalue weighted by Crippen LogP contribution is -2.65. The summed E-state index contributed by atoms with van der Waals surface area (Å²) in [4.78, 5) is 2.51. The van der Waals surface area contributed by atoms with Crippen molar-refractivity contribution in [3.8, 4) is 5.75 Å². The average molecular weight is 260 g/mol. The van der Waals surface area contributed by atoms with E-state index in [0.29, 0.717) is 12.1 Å². The molecule has 1 aliphatic carbocycles. The molecular formula is C16H24N2O. The van der Waals surface area contributed by atoms with E-state index in [4.69, 9.17) is 4.74 Å². The van der Waals surface area contributed by atoms with Crippen molar-refractivity contribution in [1.29, 1.82) is 0 Å². The Kier molecular flexibility index (Phi) is 3.06. The number of rotatable bonds is 2. The van der Waals surface area contributed by atoms with E-state index in [-0.39, 0.29) is 5.41 Å². The third kappa shape index (κ3) is 1.79. The van der Waals surface area contributed by atoms with Crippen LogP contribution >= 0.6 is 0 Å². The Balaban J connectivity index is 2.13. The van der Waals surface area contributed by atoms with E-state index >= 15 is 0 Å². The molecule has 2 aliphatic rings. The molecule has 19 heavy (non-hydrogen) atoms. The summed E-state index contributed by atoms with van der Waals surface area (Å²) in [6, 6.07) is 7.72. The Hall–Kier alpha value is -1.06. The van der Waals surface area contributed by atoms with Gasteiger partial charge in [0.15, 0.2) is 0 Å². The van der Waals surface area contributed by atoms with Crippen molar-refractivity contribution in [2.75, 3.05) is 27.7 Å². The van der Waals surface area contributed by atoms with Crippen LogP contribution in [0.3, 0.4) is 0 Å². The number of ether oxygens (including phenoxy) is 1. The molecule has 104 valence electrons. The van der Waals surface area contributed by atoms with Crippen molar-refractivity contribution in [3.63, 3.8) is 0 Å². The second-order valence-electron chi connectivity index (χ2n) is 6.21. The summed E-state index contributed by atoms with van der Waals surface area (Å²) < 4.78 is 5.42. The molecule has 1 aromatic rings. The van der Waals surface area contributed by atoms with E-state index < -0.39 is 0 Å². The first-order valence-corrected chi connectivity index (χ1v) is 7.15. The Labute approximate surface area is 115 Å². The molecule has 1 fully saturated rings. The number of benzene rings is 1. The second kappa shape index (κ2) is 4.50. The zero-order chi connectivity index (χ0) is 13.6. The van der Waals surface area contributed by atoms with Gasteiger partial charge in [0, 0.05) is 17.5 Å². The monoisotopic (exact) mass is 260 g/mol. The topological polar surface area (TPSA) is 24.5 Å². The van der Waals surface area contributed by atoms with Gasteiger partial charge in [0.25, 0.3) is 0 Å². The zero-order valence-electron chi connectivity index (χ0n) is 12.4. The summed E-state index contributed by atoms with van der Waals surface area (Å²) in [5.74, 6) is 0.979. The van der Waals surface area contributed by atoms with Crippen molar-refractivity contribution in [2.24, 2.45) is 0 Å². The van der Waals surface area contributed by atoms with Crippen LogP contribution in [0.25, 0.3) is 0 Å². The average Bonchev–Trinajstić information content (AvgIpc) is 2.43. The quantitative estimate of drug-likeness (QED) is 0.877. The molecule has 3 heteroatoms.